The summed E-state index contributed by atoms with van der Waals surface area (Å²) in [4.78, 5) is 0. The van der Waals surface area contributed by atoms with Crippen LogP contribution < -0.4 is 30.8 Å². The molecule has 0 radical (unpaired) electrons. The summed E-state index contributed by atoms with van der Waals surface area (Å²) in [7, 11) is -2.83. The van der Waals surface area contributed by atoms with Crippen LogP contribution in [0.5, 0.6) is 0 Å². The molecule has 0 saturated carbocycles. The molecule has 0 fully saturated rings. The number of rotatable bonds is 5. The zero-order valence-corrected chi connectivity index (χ0v) is 25.5. The third kappa shape index (κ3) is 3.84. The van der Waals surface area contributed by atoms with Crippen molar-refractivity contribution in [2.24, 2.45) is 0 Å². The van der Waals surface area contributed by atoms with E-state index in [1.807, 2.05) is 6.07 Å². The SMILES string of the molecule is C1=CN2c3ccccc3N(c3cccc([Si](c4ccccc4)(c4ccccc4)c4ccc5c(c4)oc4ccccc45)c3)N2C=C1. The van der Waals surface area contributed by atoms with Crippen molar-refractivity contribution in [1.29, 1.82) is 0 Å². The van der Waals surface area contributed by atoms with Crippen LogP contribution in [0.25, 0.3) is 21.9 Å². The number of para-hydroxylation sites is 3. The van der Waals surface area contributed by atoms with Crippen LogP contribution in [0.2, 0.25) is 0 Å². The molecule has 1 aromatic heterocycles. The molecular formula is C40H29N3OSi. The van der Waals surface area contributed by atoms with Crippen molar-refractivity contribution >= 4 is 67.8 Å². The van der Waals surface area contributed by atoms with Crippen molar-refractivity contribution in [3.8, 4) is 0 Å². The first-order valence-corrected chi connectivity index (χ1v) is 17.3. The van der Waals surface area contributed by atoms with E-state index in [9.17, 15) is 0 Å². The lowest BCUT2D eigenvalue weighted by molar-refractivity contribution is 0.408. The lowest BCUT2D eigenvalue weighted by atomic mass is 10.1. The second-order valence-electron chi connectivity index (χ2n) is 11.5. The van der Waals surface area contributed by atoms with E-state index in [4.69, 9.17) is 4.42 Å². The number of benzene rings is 6. The maximum Gasteiger partial charge on any atom is 0.179 e. The Bertz CT molecular complexity index is 2220. The highest BCUT2D eigenvalue weighted by atomic mass is 28.3. The van der Waals surface area contributed by atoms with Crippen LogP contribution in [-0.2, 0) is 0 Å². The fourth-order valence-electron chi connectivity index (χ4n) is 7.16. The van der Waals surface area contributed by atoms with Gasteiger partial charge in [-0.15, -0.1) is 0 Å². The number of anilines is 3. The monoisotopic (exact) mass is 595 g/mol. The molecule has 4 nitrogen and oxygen atoms in total. The molecule has 0 unspecified atom stereocenters. The van der Waals surface area contributed by atoms with Gasteiger partial charge in [-0.25, -0.2) is 10.0 Å². The molecule has 45 heavy (non-hydrogen) atoms. The van der Waals surface area contributed by atoms with E-state index in [-0.39, 0.29) is 0 Å². The van der Waals surface area contributed by atoms with E-state index in [2.05, 4.69) is 185 Å². The molecule has 0 atom stereocenters. The van der Waals surface area contributed by atoms with Crippen molar-refractivity contribution in [3.05, 3.63) is 176 Å². The number of fused-ring (bicyclic) bond motifs is 6. The van der Waals surface area contributed by atoms with Gasteiger partial charge in [0, 0.05) is 23.2 Å². The average Bonchev–Trinajstić information content (AvgIpc) is 3.65. The van der Waals surface area contributed by atoms with E-state index in [1.165, 1.54) is 20.7 Å². The van der Waals surface area contributed by atoms with E-state index in [0.29, 0.717) is 0 Å². The van der Waals surface area contributed by atoms with Crippen molar-refractivity contribution < 1.29 is 4.42 Å². The van der Waals surface area contributed by atoms with Gasteiger partial charge in [0.2, 0.25) is 0 Å². The van der Waals surface area contributed by atoms with E-state index in [0.717, 1.165) is 39.0 Å². The third-order valence-electron chi connectivity index (χ3n) is 9.09. The minimum absolute atomic E-state index is 0.916. The fourth-order valence-corrected chi connectivity index (χ4v) is 11.9. The van der Waals surface area contributed by atoms with Gasteiger partial charge in [0.05, 0.1) is 17.1 Å². The predicted molar refractivity (Wildman–Crippen MR) is 189 cm³/mol. The van der Waals surface area contributed by atoms with Crippen LogP contribution in [-0.4, -0.2) is 13.2 Å². The van der Waals surface area contributed by atoms with Crippen LogP contribution >= 0.6 is 0 Å². The molecule has 214 valence electrons. The number of nitrogens with zero attached hydrogens (tertiary/aromatic N) is 3. The smallest absolute Gasteiger partial charge is 0.179 e. The zero-order chi connectivity index (χ0) is 29.8. The largest absolute Gasteiger partial charge is 0.456 e. The Balaban J connectivity index is 1.32. The van der Waals surface area contributed by atoms with Gasteiger partial charge in [-0.2, -0.15) is 5.12 Å². The molecule has 3 heterocycles. The lowest BCUT2D eigenvalue weighted by Crippen LogP contribution is -2.74. The normalized spacial score (nSPS) is 13.9. The molecule has 9 rings (SSSR count). The molecule has 0 bridgehead atoms. The van der Waals surface area contributed by atoms with Gasteiger partial charge in [0.1, 0.15) is 11.2 Å². The Kier molecular flexibility index (Phi) is 5.79. The maximum atomic E-state index is 6.49. The van der Waals surface area contributed by atoms with Crippen LogP contribution in [0, 0.1) is 0 Å². The minimum atomic E-state index is -2.83. The first-order chi connectivity index (χ1) is 22.3. The van der Waals surface area contributed by atoms with Crippen LogP contribution in [0.15, 0.2) is 181 Å². The van der Waals surface area contributed by atoms with Crippen molar-refractivity contribution in [1.82, 2.24) is 5.12 Å². The summed E-state index contributed by atoms with van der Waals surface area (Å²) in [5.74, 6) is 0. The molecule has 2 aliphatic heterocycles. The summed E-state index contributed by atoms with van der Waals surface area (Å²) in [5, 5.41) is 14.2. The first-order valence-electron chi connectivity index (χ1n) is 15.3. The summed E-state index contributed by atoms with van der Waals surface area (Å²) in [6.07, 6.45) is 8.37. The highest BCUT2D eigenvalue weighted by Gasteiger charge is 2.43. The summed E-state index contributed by atoms with van der Waals surface area (Å²) < 4.78 is 6.49. The van der Waals surface area contributed by atoms with Gasteiger partial charge in [-0.05, 0) is 69.3 Å². The molecule has 0 saturated heterocycles. The van der Waals surface area contributed by atoms with Gasteiger partial charge in [0.15, 0.2) is 8.07 Å². The highest BCUT2D eigenvalue weighted by Crippen LogP contribution is 2.44. The van der Waals surface area contributed by atoms with Crippen LogP contribution in [0.3, 0.4) is 0 Å². The molecule has 0 aliphatic carbocycles. The Hall–Kier alpha value is -5.78. The molecule has 6 aromatic carbocycles. The summed E-state index contributed by atoms with van der Waals surface area (Å²) in [6.45, 7) is 0. The van der Waals surface area contributed by atoms with Crippen molar-refractivity contribution in [2.45, 2.75) is 0 Å². The van der Waals surface area contributed by atoms with Gasteiger partial charge in [-0.1, -0.05) is 115 Å². The minimum Gasteiger partial charge on any atom is -0.456 e. The topological polar surface area (TPSA) is 22.9 Å². The Morgan fingerprint density at radius 2 is 1.07 bits per heavy atom. The van der Waals surface area contributed by atoms with Crippen LogP contribution in [0.4, 0.5) is 17.1 Å². The van der Waals surface area contributed by atoms with E-state index in [1.54, 1.807) is 0 Å². The van der Waals surface area contributed by atoms with Crippen molar-refractivity contribution in [3.63, 3.8) is 0 Å². The Morgan fingerprint density at radius 1 is 0.444 bits per heavy atom. The van der Waals surface area contributed by atoms with E-state index >= 15 is 0 Å². The molecule has 2 aliphatic rings. The number of hydrogen-bond donors (Lipinski definition) is 0. The number of hydrogen-bond acceptors (Lipinski definition) is 4. The summed E-state index contributed by atoms with van der Waals surface area (Å²) >= 11 is 0. The standard InChI is InChI=1S/C40H29N3OSi/c1-3-15-31(16-4-1)45(32-17-5-2-6-18-32,34-24-25-36-35-20-7-10-23-39(35)44-40(36)29-34)33-19-13-14-30(28-33)43-38-22-9-8-21-37(38)41-26-11-12-27-42(41)43/h1-29H. The Labute approximate surface area is 262 Å². The van der Waals surface area contributed by atoms with Crippen molar-refractivity contribution in [2.75, 3.05) is 10.0 Å². The molecule has 0 amide bonds. The van der Waals surface area contributed by atoms with Gasteiger partial charge < -0.3 is 4.42 Å². The average molecular weight is 596 g/mol. The number of furan rings is 1. The molecule has 5 heteroatoms. The highest BCUT2D eigenvalue weighted by molar-refractivity contribution is 7.20. The first kappa shape index (κ1) is 25.7. The Morgan fingerprint density at radius 3 is 1.87 bits per heavy atom. The quantitative estimate of drug-likeness (QED) is 0.157. The third-order valence-corrected chi connectivity index (χ3v) is 13.8. The second kappa shape index (κ2) is 10.1. The molecule has 7 aromatic rings. The zero-order valence-electron chi connectivity index (χ0n) is 24.5. The van der Waals surface area contributed by atoms with Gasteiger partial charge >= 0.3 is 0 Å². The van der Waals surface area contributed by atoms with Gasteiger partial charge in [0.25, 0.3) is 0 Å². The summed E-state index contributed by atoms with van der Waals surface area (Å²) in [6, 6.07) is 55.1. The summed E-state index contributed by atoms with van der Waals surface area (Å²) in [5.41, 5.74) is 5.23. The fraction of sp³-hybridized carbons (Fsp3) is 0. The van der Waals surface area contributed by atoms with Gasteiger partial charge in [-0.3, -0.25) is 0 Å². The molecule has 0 spiro atoms. The second-order valence-corrected chi connectivity index (χ2v) is 15.3. The molecule has 0 N–H and O–H groups in total. The number of hydrazine groups is 2. The molecular weight excluding hydrogens is 567 g/mol. The lowest BCUT2D eigenvalue weighted by Gasteiger charge is -2.37. The number of allylic oxidation sites excluding steroid dienone is 2. The van der Waals surface area contributed by atoms with E-state index < -0.39 is 8.07 Å². The maximum absolute atomic E-state index is 6.49. The van der Waals surface area contributed by atoms with Crippen LogP contribution in [0.1, 0.15) is 0 Å². The predicted octanol–water partition coefficient (Wildman–Crippen LogP) is 7.09.